The largest absolute Gasteiger partial charge is 0.493 e. The van der Waals surface area contributed by atoms with Crippen molar-refractivity contribution in [1.82, 2.24) is 0 Å². The van der Waals surface area contributed by atoms with E-state index in [2.05, 4.69) is 4.99 Å². The number of aliphatic imine (C=N–C) groups is 1. The SMILES string of the molecule is COc1cc(C=C2SC(N)=NC2=O)ccc1Oc1ccc([N+](=O)[O-])cc1[N+](=O)[O-]. The standard InChI is InChI=1S/C17H12N4O7S/c1-27-14-6-9(7-15-16(22)19-17(18)29-15)2-4-13(14)28-12-5-3-10(20(23)24)8-11(12)21(25)26/h2-8H,1H3,(H2,18,19,22). The third kappa shape index (κ3) is 4.32. The molecule has 29 heavy (non-hydrogen) atoms. The highest BCUT2D eigenvalue weighted by Crippen LogP contribution is 2.39. The van der Waals surface area contributed by atoms with Crippen LogP contribution in [0.3, 0.4) is 0 Å². The number of non-ortho nitro benzene ring substituents is 1. The van der Waals surface area contributed by atoms with Crippen molar-refractivity contribution in [2.24, 2.45) is 10.7 Å². The molecule has 0 aromatic heterocycles. The summed E-state index contributed by atoms with van der Waals surface area (Å²) in [6.07, 6.45) is 1.57. The molecule has 148 valence electrons. The molecule has 3 rings (SSSR count). The number of nitrogens with two attached hydrogens (primary N) is 1. The topological polar surface area (TPSA) is 160 Å². The lowest BCUT2D eigenvalue weighted by Crippen LogP contribution is -2.01. The van der Waals surface area contributed by atoms with Gasteiger partial charge >= 0.3 is 5.69 Å². The van der Waals surface area contributed by atoms with Crippen LogP contribution in [0.25, 0.3) is 6.08 Å². The van der Waals surface area contributed by atoms with Gasteiger partial charge in [-0.15, -0.1) is 0 Å². The van der Waals surface area contributed by atoms with E-state index in [9.17, 15) is 25.0 Å². The van der Waals surface area contributed by atoms with Gasteiger partial charge in [-0.25, -0.2) is 0 Å². The molecule has 0 bridgehead atoms. The van der Waals surface area contributed by atoms with Crippen LogP contribution in [0.1, 0.15) is 5.56 Å². The fraction of sp³-hybridized carbons (Fsp3) is 0.0588. The van der Waals surface area contributed by atoms with Gasteiger partial charge < -0.3 is 15.2 Å². The number of nitro groups is 2. The number of amidine groups is 1. The maximum Gasteiger partial charge on any atom is 0.318 e. The van der Waals surface area contributed by atoms with Crippen molar-refractivity contribution in [3.05, 3.63) is 67.1 Å². The van der Waals surface area contributed by atoms with E-state index in [1.165, 1.54) is 13.2 Å². The van der Waals surface area contributed by atoms with E-state index >= 15 is 0 Å². The Morgan fingerprint density at radius 3 is 2.38 bits per heavy atom. The first-order valence-corrected chi connectivity index (χ1v) is 8.67. The number of hydrogen-bond acceptors (Lipinski definition) is 9. The van der Waals surface area contributed by atoms with E-state index < -0.39 is 27.1 Å². The average molecular weight is 416 g/mol. The van der Waals surface area contributed by atoms with Gasteiger partial charge in [0.05, 0.1) is 27.9 Å². The lowest BCUT2D eigenvalue weighted by atomic mass is 10.2. The fourth-order valence-corrected chi connectivity index (χ4v) is 3.08. The monoisotopic (exact) mass is 416 g/mol. The molecule has 2 N–H and O–H groups in total. The Labute approximate surface area is 167 Å². The summed E-state index contributed by atoms with van der Waals surface area (Å²) in [5.41, 5.74) is 5.11. The Morgan fingerprint density at radius 1 is 1.07 bits per heavy atom. The number of nitrogens with zero attached hydrogens (tertiary/aromatic N) is 3. The Bertz CT molecular complexity index is 1100. The van der Waals surface area contributed by atoms with Gasteiger partial charge in [0, 0.05) is 6.07 Å². The zero-order chi connectivity index (χ0) is 21.1. The Morgan fingerprint density at radius 2 is 1.79 bits per heavy atom. The minimum absolute atomic E-state index is 0.146. The fourth-order valence-electron chi connectivity index (χ4n) is 2.40. The number of rotatable bonds is 6. The summed E-state index contributed by atoms with van der Waals surface area (Å²) >= 11 is 1.03. The summed E-state index contributed by atoms with van der Waals surface area (Å²) in [7, 11) is 1.37. The number of amides is 1. The first-order valence-electron chi connectivity index (χ1n) is 7.85. The maximum atomic E-state index is 11.7. The van der Waals surface area contributed by atoms with Crippen LogP contribution in [-0.4, -0.2) is 28.0 Å². The highest BCUT2D eigenvalue weighted by molar-refractivity contribution is 8.18. The lowest BCUT2D eigenvalue weighted by Gasteiger charge is -2.11. The molecule has 12 heteroatoms. The zero-order valence-electron chi connectivity index (χ0n) is 14.7. The van der Waals surface area contributed by atoms with Gasteiger partial charge in [-0.1, -0.05) is 6.07 Å². The van der Waals surface area contributed by atoms with Crippen LogP contribution in [0.4, 0.5) is 11.4 Å². The molecule has 0 fully saturated rings. The molecule has 0 unspecified atom stereocenters. The number of hydrogen-bond donors (Lipinski definition) is 1. The number of methoxy groups -OCH3 is 1. The molecular formula is C17H12N4O7S. The van der Waals surface area contributed by atoms with Gasteiger partial charge in [0.15, 0.2) is 16.7 Å². The van der Waals surface area contributed by atoms with Crippen molar-refractivity contribution in [3.63, 3.8) is 0 Å². The molecule has 0 spiro atoms. The predicted octanol–water partition coefficient (Wildman–Crippen LogP) is 3.23. The third-order valence-corrected chi connectivity index (χ3v) is 4.51. The summed E-state index contributed by atoms with van der Waals surface area (Å²) in [6.45, 7) is 0. The number of carbonyl (C=O) groups excluding carboxylic acids is 1. The highest BCUT2D eigenvalue weighted by atomic mass is 32.2. The summed E-state index contributed by atoms with van der Waals surface area (Å²) in [5, 5.41) is 22.2. The van der Waals surface area contributed by atoms with E-state index in [1.54, 1.807) is 18.2 Å². The van der Waals surface area contributed by atoms with Crippen molar-refractivity contribution in [1.29, 1.82) is 0 Å². The van der Waals surface area contributed by atoms with Gasteiger partial charge in [0.1, 0.15) is 0 Å². The first kappa shape index (κ1) is 19.8. The quantitative estimate of drug-likeness (QED) is 0.423. The molecule has 0 atom stereocenters. The molecular weight excluding hydrogens is 404 g/mol. The number of ether oxygens (including phenoxy) is 2. The van der Waals surface area contributed by atoms with Crippen molar-refractivity contribution < 1.29 is 24.1 Å². The summed E-state index contributed by atoms with van der Waals surface area (Å²) < 4.78 is 10.8. The van der Waals surface area contributed by atoms with E-state index in [-0.39, 0.29) is 22.4 Å². The summed E-state index contributed by atoms with van der Waals surface area (Å²) in [5.74, 6) is -0.259. The average Bonchev–Trinajstić information content (AvgIpc) is 2.99. The van der Waals surface area contributed by atoms with E-state index in [0.717, 1.165) is 30.0 Å². The molecule has 2 aromatic carbocycles. The molecule has 1 amide bonds. The molecule has 1 heterocycles. The minimum atomic E-state index is -0.777. The normalized spacial score (nSPS) is 14.6. The van der Waals surface area contributed by atoms with Crippen molar-refractivity contribution >= 4 is 40.3 Å². The number of thioether (sulfide) groups is 1. The van der Waals surface area contributed by atoms with Crippen LogP contribution in [0, 0.1) is 20.2 Å². The molecule has 11 nitrogen and oxygen atoms in total. The van der Waals surface area contributed by atoms with Gasteiger partial charge in [-0.3, -0.25) is 25.0 Å². The van der Waals surface area contributed by atoms with Gasteiger partial charge in [0.25, 0.3) is 11.6 Å². The molecule has 1 aliphatic rings. The number of nitro benzene ring substituents is 2. The van der Waals surface area contributed by atoms with Crippen molar-refractivity contribution in [3.8, 4) is 17.2 Å². The Hall–Kier alpha value is -3.93. The van der Waals surface area contributed by atoms with E-state index in [1.807, 2.05) is 0 Å². The first-order chi connectivity index (χ1) is 13.8. The maximum absolute atomic E-state index is 11.7. The molecule has 1 aliphatic heterocycles. The van der Waals surface area contributed by atoms with Gasteiger partial charge in [-0.05, 0) is 41.6 Å². The second-order valence-electron chi connectivity index (χ2n) is 5.54. The van der Waals surface area contributed by atoms with Crippen LogP contribution < -0.4 is 15.2 Å². The molecule has 2 aromatic rings. The second-order valence-corrected chi connectivity index (χ2v) is 6.61. The molecule has 0 saturated carbocycles. The van der Waals surface area contributed by atoms with Crippen molar-refractivity contribution in [2.45, 2.75) is 0 Å². The molecule has 0 radical (unpaired) electrons. The second kappa shape index (κ2) is 7.98. The number of benzene rings is 2. The van der Waals surface area contributed by atoms with Gasteiger partial charge in [0.2, 0.25) is 5.75 Å². The van der Waals surface area contributed by atoms with Crippen molar-refractivity contribution in [2.75, 3.05) is 7.11 Å². The third-order valence-electron chi connectivity index (χ3n) is 3.69. The lowest BCUT2D eigenvalue weighted by molar-refractivity contribution is -0.394. The van der Waals surface area contributed by atoms with Gasteiger partial charge in [-0.2, -0.15) is 4.99 Å². The predicted molar refractivity (Wildman–Crippen MR) is 105 cm³/mol. The summed E-state index contributed by atoms with van der Waals surface area (Å²) in [6, 6.07) is 7.70. The van der Waals surface area contributed by atoms with Crippen LogP contribution in [-0.2, 0) is 4.79 Å². The molecule has 0 saturated heterocycles. The number of carbonyl (C=O) groups is 1. The van der Waals surface area contributed by atoms with Crippen LogP contribution in [0.15, 0.2) is 46.3 Å². The Balaban J connectivity index is 1.93. The van der Waals surface area contributed by atoms with E-state index in [4.69, 9.17) is 15.2 Å². The highest BCUT2D eigenvalue weighted by Gasteiger charge is 2.23. The Kier molecular flexibility index (Phi) is 5.45. The van der Waals surface area contributed by atoms with Crippen LogP contribution in [0.2, 0.25) is 0 Å². The van der Waals surface area contributed by atoms with Crippen LogP contribution >= 0.6 is 11.8 Å². The zero-order valence-corrected chi connectivity index (χ0v) is 15.5. The van der Waals surface area contributed by atoms with Crippen LogP contribution in [0.5, 0.6) is 17.2 Å². The van der Waals surface area contributed by atoms with E-state index in [0.29, 0.717) is 10.5 Å². The summed E-state index contributed by atoms with van der Waals surface area (Å²) in [4.78, 5) is 36.2. The smallest absolute Gasteiger partial charge is 0.318 e. The molecule has 0 aliphatic carbocycles. The minimum Gasteiger partial charge on any atom is -0.493 e.